The molecular weight excluding hydrogens is 254 g/mol. The van der Waals surface area contributed by atoms with Gasteiger partial charge in [0.05, 0.1) is 11.9 Å². The van der Waals surface area contributed by atoms with E-state index in [9.17, 15) is 0 Å². The molecule has 1 aromatic rings. The van der Waals surface area contributed by atoms with Crippen molar-refractivity contribution in [3.63, 3.8) is 0 Å². The molecule has 2 unspecified atom stereocenters. The van der Waals surface area contributed by atoms with Crippen molar-refractivity contribution >= 4 is 15.9 Å². The van der Waals surface area contributed by atoms with Crippen LogP contribution in [0.15, 0.2) is 6.20 Å². The first-order chi connectivity index (χ1) is 7.15. The van der Waals surface area contributed by atoms with Crippen molar-refractivity contribution in [2.45, 2.75) is 56.3 Å². The highest BCUT2D eigenvalue weighted by Gasteiger charge is 2.38. The lowest BCUT2D eigenvalue weighted by Crippen LogP contribution is -2.23. The summed E-state index contributed by atoms with van der Waals surface area (Å²) in [4.78, 5) is 0.660. The summed E-state index contributed by atoms with van der Waals surface area (Å²) < 4.78 is 2.07. The third-order valence-corrected chi connectivity index (χ3v) is 4.13. The zero-order valence-electron chi connectivity index (χ0n) is 9.41. The summed E-state index contributed by atoms with van der Waals surface area (Å²) in [5.41, 5.74) is 1.58. The third kappa shape index (κ3) is 2.10. The van der Waals surface area contributed by atoms with Crippen LogP contribution in [0.4, 0.5) is 0 Å². The Morgan fingerprint density at radius 1 is 1.67 bits per heavy atom. The van der Waals surface area contributed by atoms with E-state index in [-0.39, 0.29) is 5.41 Å². The average molecular weight is 272 g/mol. The van der Waals surface area contributed by atoms with Crippen LogP contribution in [-0.2, 0) is 12.0 Å². The zero-order chi connectivity index (χ0) is 10.9. The van der Waals surface area contributed by atoms with Gasteiger partial charge in [0.25, 0.3) is 0 Å². The fourth-order valence-electron chi connectivity index (χ4n) is 2.50. The maximum Gasteiger partial charge on any atom is 0.0730 e. The van der Waals surface area contributed by atoms with Gasteiger partial charge in [0.2, 0.25) is 0 Å². The van der Waals surface area contributed by atoms with Crippen LogP contribution in [-0.4, -0.2) is 19.8 Å². The van der Waals surface area contributed by atoms with E-state index in [0.717, 1.165) is 13.0 Å². The van der Waals surface area contributed by atoms with E-state index in [4.69, 9.17) is 0 Å². The summed E-state index contributed by atoms with van der Waals surface area (Å²) in [5.74, 6) is 0. The smallest absolute Gasteiger partial charge is 0.0730 e. The van der Waals surface area contributed by atoms with Gasteiger partial charge < -0.3 is 0 Å². The van der Waals surface area contributed by atoms with Crippen molar-refractivity contribution < 1.29 is 0 Å². The van der Waals surface area contributed by atoms with Gasteiger partial charge >= 0.3 is 0 Å². The molecule has 0 saturated heterocycles. The van der Waals surface area contributed by atoms with Gasteiger partial charge in [-0.25, -0.2) is 4.68 Å². The van der Waals surface area contributed by atoms with Gasteiger partial charge in [-0.1, -0.05) is 35.0 Å². The topological polar surface area (TPSA) is 30.7 Å². The second kappa shape index (κ2) is 4.24. The Morgan fingerprint density at radius 3 is 3.07 bits per heavy atom. The Morgan fingerprint density at radius 2 is 2.47 bits per heavy atom. The molecule has 1 aliphatic rings. The van der Waals surface area contributed by atoms with Crippen LogP contribution in [0.1, 0.15) is 45.2 Å². The Kier molecular flexibility index (Phi) is 3.14. The monoisotopic (exact) mass is 271 g/mol. The minimum Gasteiger partial charge on any atom is -0.249 e. The number of hydrogen-bond acceptors (Lipinski definition) is 2. The molecule has 0 bridgehead atoms. The number of alkyl halides is 1. The SMILES string of the molecule is CCCn1nncc1C1(C)CCC(Br)C1. The van der Waals surface area contributed by atoms with Crippen molar-refractivity contribution in [3.05, 3.63) is 11.9 Å². The largest absolute Gasteiger partial charge is 0.249 e. The van der Waals surface area contributed by atoms with Gasteiger partial charge in [-0.05, 0) is 25.7 Å². The number of hydrogen-bond donors (Lipinski definition) is 0. The first-order valence-corrected chi connectivity index (χ1v) is 6.60. The molecule has 0 aliphatic heterocycles. The maximum atomic E-state index is 4.17. The number of rotatable bonds is 3. The highest BCUT2D eigenvalue weighted by atomic mass is 79.9. The predicted molar refractivity (Wildman–Crippen MR) is 64.2 cm³/mol. The van der Waals surface area contributed by atoms with E-state index in [1.54, 1.807) is 0 Å². The molecule has 1 aliphatic carbocycles. The first kappa shape index (κ1) is 11.1. The van der Waals surface area contributed by atoms with E-state index >= 15 is 0 Å². The van der Waals surface area contributed by atoms with Crippen LogP contribution in [0.3, 0.4) is 0 Å². The lowest BCUT2D eigenvalue weighted by molar-refractivity contribution is 0.425. The van der Waals surface area contributed by atoms with Crippen LogP contribution in [0, 0.1) is 0 Å². The molecule has 2 rings (SSSR count). The van der Waals surface area contributed by atoms with Gasteiger partial charge in [-0.15, -0.1) is 5.10 Å². The van der Waals surface area contributed by atoms with E-state index in [1.807, 2.05) is 6.20 Å². The van der Waals surface area contributed by atoms with Gasteiger partial charge in [0.1, 0.15) is 0 Å². The Balaban J connectivity index is 2.24. The Labute approximate surface area is 99.4 Å². The van der Waals surface area contributed by atoms with E-state index in [2.05, 4.69) is 44.8 Å². The number of aromatic nitrogens is 3. The van der Waals surface area contributed by atoms with Crippen LogP contribution >= 0.6 is 15.9 Å². The minimum atomic E-state index is 0.271. The first-order valence-electron chi connectivity index (χ1n) is 5.69. The molecule has 2 atom stereocenters. The van der Waals surface area contributed by atoms with Crippen molar-refractivity contribution in [2.75, 3.05) is 0 Å². The molecule has 1 aromatic heterocycles. The summed E-state index contributed by atoms with van der Waals surface area (Å²) in [6.45, 7) is 5.49. The Bertz CT molecular complexity index is 336. The molecule has 4 heteroatoms. The van der Waals surface area contributed by atoms with Crippen molar-refractivity contribution in [1.29, 1.82) is 0 Å². The van der Waals surface area contributed by atoms with Crippen LogP contribution in [0.25, 0.3) is 0 Å². The minimum absolute atomic E-state index is 0.271. The fourth-order valence-corrected chi connectivity index (χ4v) is 3.45. The molecule has 0 spiro atoms. The highest BCUT2D eigenvalue weighted by Crippen LogP contribution is 2.43. The molecule has 0 amide bonds. The summed E-state index contributed by atoms with van der Waals surface area (Å²) in [7, 11) is 0. The molecule has 1 fully saturated rings. The second-order valence-corrected chi connectivity index (χ2v) is 6.04. The van der Waals surface area contributed by atoms with Gasteiger partial charge in [-0.2, -0.15) is 0 Å². The zero-order valence-corrected chi connectivity index (χ0v) is 11.0. The summed E-state index contributed by atoms with van der Waals surface area (Å²) in [5, 5.41) is 8.23. The molecule has 1 heterocycles. The number of nitrogens with zero attached hydrogens (tertiary/aromatic N) is 3. The standard InChI is InChI=1S/C11H18BrN3/c1-3-6-15-10(8-13-14-15)11(2)5-4-9(12)7-11/h8-9H,3-7H2,1-2H3. The summed E-state index contributed by atoms with van der Waals surface area (Å²) >= 11 is 3.71. The van der Waals surface area contributed by atoms with Crippen LogP contribution < -0.4 is 0 Å². The highest BCUT2D eigenvalue weighted by molar-refractivity contribution is 9.09. The number of halogens is 1. The molecule has 0 aromatic carbocycles. The van der Waals surface area contributed by atoms with E-state index in [1.165, 1.54) is 25.0 Å². The average Bonchev–Trinajstić information content (AvgIpc) is 2.75. The Hall–Kier alpha value is -0.380. The molecule has 84 valence electrons. The summed E-state index contributed by atoms with van der Waals surface area (Å²) in [6, 6.07) is 0. The molecule has 1 saturated carbocycles. The van der Waals surface area contributed by atoms with Gasteiger partial charge in [0, 0.05) is 16.8 Å². The molecule has 15 heavy (non-hydrogen) atoms. The maximum absolute atomic E-state index is 4.17. The normalized spacial score (nSPS) is 31.0. The van der Waals surface area contributed by atoms with Crippen molar-refractivity contribution in [3.8, 4) is 0 Å². The lowest BCUT2D eigenvalue weighted by atomic mass is 9.85. The molecule has 3 nitrogen and oxygen atoms in total. The molecule has 0 N–H and O–H groups in total. The van der Waals surface area contributed by atoms with Crippen molar-refractivity contribution in [1.82, 2.24) is 15.0 Å². The number of aryl methyl sites for hydroxylation is 1. The molecule has 0 radical (unpaired) electrons. The fraction of sp³-hybridized carbons (Fsp3) is 0.818. The van der Waals surface area contributed by atoms with E-state index in [0.29, 0.717) is 4.83 Å². The van der Waals surface area contributed by atoms with Crippen molar-refractivity contribution in [2.24, 2.45) is 0 Å². The second-order valence-electron chi connectivity index (χ2n) is 4.74. The lowest BCUT2D eigenvalue weighted by Gasteiger charge is -2.23. The summed E-state index contributed by atoms with van der Waals surface area (Å²) in [6.07, 6.45) is 6.75. The van der Waals surface area contributed by atoms with Crippen LogP contribution in [0.2, 0.25) is 0 Å². The third-order valence-electron chi connectivity index (χ3n) is 3.35. The van der Waals surface area contributed by atoms with Crippen LogP contribution in [0.5, 0.6) is 0 Å². The quantitative estimate of drug-likeness (QED) is 0.792. The predicted octanol–water partition coefficient (Wildman–Crippen LogP) is 2.89. The van der Waals surface area contributed by atoms with Gasteiger partial charge in [0.15, 0.2) is 0 Å². The molecular formula is C11H18BrN3. The van der Waals surface area contributed by atoms with Gasteiger partial charge in [-0.3, -0.25) is 0 Å². The van der Waals surface area contributed by atoms with E-state index < -0.39 is 0 Å².